The molecule has 0 aromatic carbocycles. The molecular formula is C9H14OS3. The van der Waals surface area contributed by atoms with Crippen LogP contribution in [0.4, 0.5) is 0 Å². The molecule has 0 rings (SSSR count). The van der Waals surface area contributed by atoms with Gasteiger partial charge in [0.2, 0.25) is 0 Å². The Labute approximate surface area is 90.6 Å². The molecule has 0 aliphatic carbocycles. The zero-order chi connectivity index (χ0) is 9.94. The summed E-state index contributed by atoms with van der Waals surface area (Å²) in [7, 11) is 2.52. The smallest absolute Gasteiger partial charge is 0.0491 e. The molecule has 0 fully saturated rings. The zero-order valence-electron chi connectivity index (χ0n) is 7.64. The Morgan fingerprint density at radius 2 is 2.31 bits per heavy atom. The van der Waals surface area contributed by atoms with Gasteiger partial charge in [-0.2, -0.15) is 0 Å². The number of hydrogen-bond donors (Lipinski definition) is 0. The van der Waals surface area contributed by atoms with E-state index in [1.807, 2.05) is 30.6 Å². The lowest BCUT2D eigenvalue weighted by Crippen LogP contribution is -1.86. The van der Waals surface area contributed by atoms with E-state index >= 15 is 0 Å². The molecule has 0 aliphatic heterocycles. The van der Waals surface area contributed by atoms with E-state index in [1.54, 1.807) is 27.0 Å². The molecule has 0 aromatic heterocycles. The van der Waals surface area contributed by atoms with Gasteiger partial charge in [-0.1, -0.05) is 39.8 Å². The first kappa shape index (κ1) is 13.1. The van der Waals surface area contributed by atoms with Crippen LogP contribution in [0.1, 0.15) is 6.92 Å². The lowest BCUT2D eigenvalue weighted by molar-refractivity contribution is 0.690. The van der Waals surface area contributed by atoms with Crippen molar-refractivity contribution in [2.45, 2.75) is 6.92 Å². The SMILES string of the molecule is C=CCSS/C=C\CS(=O)/C=C/C. The van der Waals surface area contributed by atoms with Crippen LogP contribution >= 0.6 is 21.6 Å². The molecule has 0 aromatic rings. The summed E-state index contributed by atoms with van der Waals surface area (Å²) in [5.41, 5.74) is 0. The third-order valence-corrected chi connectivity index (χ3v) is 4.01. The van der Waals surface area contributed by atoms with Crippen LogP contribution in [0.15, 0.2) is 35.6 Å². The van der Waals surface area contributed by atoms with Crippen molar-refractivity contribution in [3.05, 3.63) is 35.6 Å². The average Bonchev–Trinajstić information content (AvgIpc) is 2.11. The second-order valence-corrected chi connectivity index (χ2v) is 5.74. The van der Waals surface area contributed by atoms with E-state index in [2.05, 4.69) is 6.58 Å². The van der Waals surface area contributed by atoms with Crippen molar-refractivity contribution in [1.29, 1.82) is 0 Å². The van der Waals surface area contributed by atoms with Gasteiger partial charge in [0.1, 0.15) is 0 Å². The van der Waals surface area contributed by atoms with Crippen molar-refractivity contribution < 1.29 is 4.21 Å². The molecule has 4 heteroatoms. The predicted molar refractivity (Wildman–Crippen MR) is 67.2 cm³/mol. The molecule has 1 nitrogen and oxygen atoms in total. The topological polar surface area (TPSA) is 17.1 Å². The van der Waals surface area contributed by atoms with Crippen LogP contribution < -0.4 is 0 Å². The lowest BCUT2D eigenvalue weighted by atomic mass is 10.8. The highest BCUT2D eigenvalue weighted by Crippen LogP contribution is 2.21. The van der Waals surface area contributed by atoms with Crippen LogP contribution in [0.25, 0.3) is 0 Å². The third-order valence-electron chi connectivity index (χ3n) is 0.954. The second-order valence-electron chi connectivity index (χ2n) is 2.06. The van der Waals surface area contributed by atoms with Crippen molar-refractivity contribution in [3.63, 3.8) is 0 Å². The van der Waals surface area contributed by atoms with Crippen LogP contribution in [0.3, 0.4) is 0 Å². The summed E-state index contributed by atoms with van der Waals surface area (Å²) in [4.78, 5) is 0. The van der Waals surface area contributed by atoms with Gasteiger partial charge in [0.05, 0.1) is 0 Å². The molecule has 1 unspecified atom stereocenters. The Balaban J connectivity index is 3.40. The van der Waals surface area contributed by atoms with Crippen LogP contribution in [-0.4, -0.2) is 15.7 Å². The largest absolute Gasteiger partial charge is 0.255 e. The molecule has 74 valence electrons. The van der Waals surface area contributed by atoms with Crippen molar-refractivity contribution in [3.8, 4) is 0 Å². The second kappa shape index (κ2) is 10.2. The van der Waals surface area contributed by atoms with Crippen molar-refractivity contribution >= 4 is 32.4 Å². The van der Waals surface area contributed by atoms with Gasteiger partial charge in [0, 0.05) is 22.3 Å². The Morgan fingerprint density at radius 3 is 2.92 bits per heavy atom. The van der Waals surface area contributed by atoms with Gasteiger partial charge < -0.3 is 0 Å². The number of rotatable bonds is 7. The summed E-state index contributed by atoms with van der Waals surface area (Å²) in [5.74, 6) is 1.54. The van der Waals surface area contributed by atoms with Crippen molar-refractivity contribution in [2.24, 2.45) is 0 Å². The first-order chi connectivity index (χ1) is 6.31. The Kier molecular flexibility index (Phi) is 10.2. The van der Waals surface area contributed by atoms with E-state index in [1.165, 1.54) is 0 Å². The summed E-state index contributed by atoms with van der Waals surface area (Å²) in [6.07, 6.45) is 5.60. The van der Waals surface area contributed by atoms with Crippen LogP contribution in [0.5, 0.6) is 0 Å². The molecular weight excluding hydrogens is 220 g/mol. The Hall–Kier alpha value is 0.0700. The van der Waals surface area contributed by atoms with Gasteiger partial charge in [0.15, 0.2) is 0 Å². The predicted octanol–water partition coefficient (Wildman–Crippen LogP) is 3.35. The average molecular weight is 234 g/mol. The molecule has 0 N–H and O–H groups in total. The van der Waals surface area contributed by atoms with E-state index in [0.717, 1.165) is 5.75 Å². The Bertz CT molecular complexity index is 209. The summed E-state index contributed by atoms with van der Waals surface area (Å²) < 4.78 is 11.1. The number of hydrogen-bond acceptors (Lipinski definition) is 3. The van der Waals surface area contributed by atoms with Crippen LogP contribution in [0, 0.1) is 0 Å². The molecule has 0 amide bonds. The quantitative estimate of drug-likeness (QED) is 0.382. The van der Waals surface area contributed by atoms with Gasteiger partial charge in [0.25, 0.3) is 0 Å². The first-order valence-corrected chi connectivity index (χ1v) is 7.62. The molecule has 0 saturated heterocycles. The first-order valence-electron chi connectivity index (χ1n) is 3.85. The summed E-state index contributed by atoms with van der Waals surface area (Å²) in [6.45, 7) is 5.49. The molecule has 0 saturated carbocycles. The van der Waals surface area contributed by atoms with E-state index in [-0.39, 0.29) is 0 Å². The lowest BCUT2D eigenvalue weighted by Gasteiger charge is -1.89. The summed E-state index contributed by atoms with van der Waals surface area (Å²) in [6, 6.07) is 0. The van der Waals surface area contributed by atoms with E-state index in [0.29, 0.717) is 5.75 Å². The van der Waals surface area contributed by atoms with Gasteiger partial charge in [-0.15, -0.1) is 6.58 Å². The summed E-state index contributed by atoms with van der Waals surface area (Å²) in [5, 5.41) is 3.67. The normalized spacial score (nSPS) is 13.9. The van der Waals surface area contributed by atoms with Gasteiger partial charge in [-0.3, -0.25) is 4.21 Å². The molecule has 0 heterocycles. The minimum Gasteiger partial charge on any atom is -0.255 e. The van der Waals surface area contributed by atoms with Crippen molar-refractivity contribution in [1.82, 2.24) is 0 Å². The van der Waals surface area contributed by atoms with Gasteiger partial charge >= 0.3 is 0 Å². The highest BCUT2D eigenvalue weighted by Gasteiger charge is 1.87. The fraction of sp³-hybridized carbons (Fsp3) is 0.333. The van der Waals surface area contributed by atoms with E-state index < -0.39 is 10.8 Å². The summed E-state index contributed by atoms with van der Waals surface area (Å²) >= 11 is 0. The fourth-order valence-corrected chi connectivity index (χ4v) is 2.75. The molecule has 0 bridgehead atoms. The van der Waals surface area contributed by atoms with E-state index in [9.17, 15) is 4.21 Å². The minimum atomic E-state index is -0.837. The molecule has 0 spiro atoms. The molecule has 0 radical (unpaired) electrons. The maximum atomic E-state index is 11.1. The maximum absolute atomic E-state index is 11.1. The Morgan fingerprint density at radius 1 is 1.54 bits per heavy atom. The van der Waals surface area contributed by atoms with Crippen LogP contribution in [0.2, 0.25) is 0 Å². The molecule has 1 atom stereocenters. The molecule has 13 heavy (non-hydrogen) atoms. The third kappa shape index (κ3) is 9.99. The highest BCUT2D eigenvalue weighted by molar-refractivity contribution is 8.77. The highest BCUT2D eigenvalue weighted by atomic mass is 33.1. The van der Waals surface area contributed by atoms with Crippen molar-refractivity contribution in [2.75, 3.05) is 11.5 Å². The zero-order valence-corrected chi connectivity index (χ0v) is 10.1. The van der Waals surface area contributed by atoms with Gasteiger partial charge in [-0.05, 0) is 17.7 Å². The van der Waals surface area contributed by atoms with Crippen LogP contribution in [-0.2, 0) is 10.8 Å². The van der Waals surface area contributed by atoms with E-state index in [4.69, 9.17) is 0 Å². The maximum Gasteiger partial charge on any atom is 0.0491 e. The monoisotopic (exact) mass is 234 g/mol. The standard InChI is InChI=1S/C9H14OS3/c1-3-6-11-12-7-5-9-13(10)8-4-2/h3-5,7-8H,1,6,9H2,2H3/b7-5-,8-4+. The van der Waals surface area contributed by atoms with Gasteiger partial charge in [-0.25, -0.2) is 0 Å². The molecule has 0 aliphatic rings. The number of allylic oxidation sites excluding steroid dienone is 1. The minimum absolute atomic E-state index is 0.603. The fourth-order valence-electron chi connectivity index (χ4n) is 0.507.